The standard InChI is InChI=1S/C29H36O4SSi/c1-29(2,3)35(23-15-9-5-10-16-23,24-17-11-6-12-18-24)32-20-28-25(30)19-27(33-28)26(31)21-34-22-13-7-4-8-14-22/h4-18,25-28,30-31H,19-21H2,1-3H3/t25-,26+,27-,28+/m0/s1. The van der Waals surface area contributed by atoms with E-state index in [0.717, 1.165) is 4.90 Å². The Kier molecular flexibility index (Phi) is 8.53. The van der Waals surface area contributed by atoms with Gasteiger partial charge in [0.2, 0.25) is 0 Å². The normalized spacial score (nSPS) is 21.7. The molecule has 1 saturated heterocycles. The van der Waals surface area contributed by atoms with Gasteiger partial charge in [-0.15, -0.1) is 11.8 Å². The third-order valence-electron chi connectivity index (χ3n) is 6.73. The SMILES string of the molecule is CC(C)(C)[Si](OC[C@H]1O[C@H]([C@H](O)CSc2ccccc2)C[C@@H]1O)(c1ccccc1)c1ccccc1. The Hall–Kier alpha value is -1.93. The van der Waals surface area contributed by atoms with Gasteiger partial charge in [-0.3, -0.25) is 0 Å². The number of hydrogen-bond acceptors (Lipinski definition) is 5. The van der Waals surface area contributed by atoms with E-state index in [1.54, 1.807) is 11.8 Å². The zero-order valence-corrected chi connectivity index (χ0v) is 22.5. The van der Waals surface area contributed by atoms with Gasteiger partial charge >= 0.3 is 0 Å². The Balaban J connectivity index is 1.50. The molecule has 1 aliphatic heterocycles. The van der Waals surface area contributed by atoms with Gasteiger partial charge in [0, 0.05) is 17.1 Å². The van der Waals surface area contributed by atoms with E-state index in [2.05, 4.69) is 69.3 Å². The summed E-state index contributed by atoms with van der Waals surface area (Å²) in [5.41, 5.74) is 0. The molecule has 0 aromatic heterocycles. The van der Waals surface area contributed by atoms with Crippen molar-refractivity contribution < 1.29 is 19.4 Å². The van der Waals surface area contributed by atoms with E-state index in [9.17, 15) is 10.2 Å². The number of ether oxygens (including phenoxy) is 1. The van der Waals surface area contributed by atoms with Crippen LogP contribution in [0.4, 0.5) is 0 Å². The van der Waals surface area contributed by atoms with Crippen molar-refractivity contribution in [2.45, 2.75) is 61.5 Å². The summed E-state index contributed by atoms with van der Waals surface area (Å²) in [5.74, 6) is 0.518. The molecular formula is C29H36O4SSi. The van der Waals surface area contributed by atoms with Crippen LogP contribution in [0.2, 0.25) is 5.04 Å². The Labute approximate surface area is 214 Å². The average molecular weight is 509 g/mol. The predicted octanol–water partition coefficient (Wildman–Crippen LogP) is 4.23. The van der Waals surface area contributed by atoms with Crippen molar-refractivity contribution in [1.82, 2.24) is 0 Å². The molecule has 1 heterocycles. The zero-order valence-electron chi connectivity index (χ0n) is 20.7. The molecule has 0 amide bonds. The number of aliphatic hydroxyl groups excluding tert-OH is 2. The van der Waals surface area contributed by atoms with Crippen LogP contribution in [-0.2, 0) is 9.16 Å². The lowest BCUT2D eigenvalue weighted by Crippen LogP contribution is -2.67. The van der Waals surface area contributed by atoms with Gasteiger partial charge in [-0.05, 0) is 27.5 Å². The summed E-state index contributed by atoms with van der Waals surface area (Å²) >= 11 is 1.60. The minimum Gasteiger partial charge on any atom is -0.405 e. The second kappa shape index (κ2) is 11.4. The lowest BCUT2D eigenvalue weighted by molar-refractivity contribution is -0.0529. The van der Waals surface area contributed by atoms with Crippen LogP contribution in [0.25, 0.3) is 0 Å². The first-order valence-electron chi connectivity index (χ1n) is 12.3. The molecule has 0 saturated carbocycles. The fourth-order valence-corrected chi connectivity index (χ4v) is 10.4. The van der Waals surface area contributed by atoms with Crippen molar-refractivity contribution >= 4 is 30.5 Å². The molecule has 0 unspecified atom stereocenters. The molecule has 0 spiro atoms. The Morgan fingerprint density at radius 3 is 1.94 bits per heavy atom. The van der Waals surface area contributed by atoms with Crippen molar-refractivity contribution in [2.75, 3.05) is 12.4 Å². The Morgan fingerprint density at radius 1 is 0.914 bits per heavy atom. The Morgan fingerprint density at radius 2 is 1.43 bits per heavy atom. The average Bonchev–Trinajstić information content (AvgIpc) is 3.24. The second-order valence-corrected chi connectivity index (χ2v) is 15.6. The first-order chi connectivity index (χ1) is 16.8. The molecule has 4 atom stereocenters. The van der Waals surface area contributed by atoms with Gasteiger partial charge in [-0.2, -0.15) is 0 Å². The number of thioether (sulfide) groups is 1. The molecule has 0 aliphatic carbocycles. The lowest BCUT2D eigenvalue weighted by Gasteiger charge is -2.43. The molecule has 3 aromatic carbocycles. The van der Waals surface area contributed by atoms with E-state index >= 15 is 0 Å². The van der Waals surface area contributed by atoms with E-state index in [1.807, 2.05) is 42.5 Å². The molecule has 4 rings (SSSR count). The van der Waals surface area contributed by atoms with Crippen LogP contribution in [0, 0.1) is 0 Å². The predicted molar refractivity (Wildman–Crippen MR) is 146 cm³/mol. The van der Waals surface area contributed by atoms with Crippen LogP contribution < -0.4 is 10.4 Å². The monoisotopic (exact) mass is 508 g/mol. The summed E-state index contributed by atoms with van der Waals surface area (Å²) in [5, 5.41) is 23.8. The van der Waals surface area contributed by atoms with E-state index in [-0.39, 0.29) is 11.6 Å². The smallest absolute Gasteiger partial charge is 0.261 e. The minimum atomic E-state index is -2.71. The maximum absolute atomic E-state index is 10.8. The molecular weight excluding hydrogens is 472 g/mol. The molecule has 0 bridgehead atoms. The zero-order chi connectivity index (χ0) is 24.9. The molecule has 4 nitrogen and oxygen atoms in total. The van der Waals surface area contributed by atoms with Gasteiger partial charge in [0.1, 0.15) is 6.10 Å². The van der Waals surface area contributed by atoms with Crippen molar-refractivity contribution in [3.8, 4) is 0 Å². The number of benzene rings is 3. The van der Waals surface area contributed by atoms with Gasteiger partial charge in [0.25, 0.3) is 8.32 Å². The second-order valence-electron chi connectivity index (χ2n) is 10.2. The van der Waals surface area contributed by atoms with Crippen LogP contribution in [0.15, 0.2) is 95.9 Å². The molecule has 1 fully saturated rings. The number of rotatable bonds is 9. The highest BCUT2D eigenvalue weighted by molar-refractivity contribution is 7.99. The fraction of sp³-hybridized carbons (Fsp3) is 0.379. The molecule has 35 heavy (non-hydrogen) atoms. The molecule has 0 radical (unpaired) electrons. The van der Waals surface area contributed by atoms with Gasteiger partial charge in [0.15, 0.2) is 0 Å². The largest absolute Gasteiger partial charge is 0.405 e. The molecule has 6 heteroatoms. The topological polar surface area (TPSA) is 58.9 Å². The number of aliphatic hydroxyl groups is 2. The minimum absolute atomic E-state index is 0.148. The third kappa shape index (κ3) is 5.90. The summed E-state index contributed by atoms with van der Waals surface area (Å²) in [6, 6.07) is 30.9. The van der Waals surface area contributed by atoms with Crippen LogP contribution >= 0.6 is 11.8 Å². The number of hydrogen-bond donors (Lipinski definition) is 2. The van der Waals surface area contributed by atoms with Crippen LogP contribution in [0.1, 0.15) is 27.2 Å². The first-order valence-corrected chi connectivity index (χ1v) is 15.1. The summed E-state index contributed by atoms with van der Waals surface area (Å²) in [4.78, 5) is 1.11. The van der Waals surface area contributed by atoms with Gasteiger partial charge < -0.3 is 19.4 Å². The van der Waals surface area contributed by atoms with Gasteiger partial charge in [0.05, 0.1) is 24.9 Å². The highest BCUT2D eigenvalue weighted by atomic mass is 32.2. The van der Waals surface area contributed by atoms with Gasteiger partial charge in [-0.25, -0.2) is 0 Å². The summed E-state index contributed by atoms with van der Waals surface area (Å²) in [7, 11) is -2.71. The fourth-order valence-electron chi connectivity index (χ4n) is 4.93. The molecule has 186 valence electrons. The molecule has 2 N–H and O–H groups in total. The van der Waals surface area contributed by atoms with Crippen molar-refractivity contribution in [1.29, 1.82) is 0 Å². The quantitative estimate of drug-likeness (QED) is 0.335. The molecule has 1 aliphatic rings. The summed E-state index contributed by atoms with van der Waals surface area (Å²) in [6.45, 7) is 6.99. The first kappa shape index (κ1) is 26.1. The van der Waals surface area contributed by atoms with E-state index in [4.69, 9.17) is 9.16 Å². The van der Waals surface area contributed by atoms with Crippen LogP contribution in [0.3, 0.4) is 0 Å². The summed E-state index contributed by atoms with van der Waals surface area (Å²) in [6.07, 6.45) is -1.81. The van der Waals surface area contributed by atoms with Crippen LogP contribution in [0.5, 0.6) is 0 Å². The van der Waals surface area contributed by atoms with Gasteiger partial charge in [-0.1, -0.05) is 99.6 Å². The van der Waals surface area contributed by atoms with Crippen molar-refractivity contribution in [3.05, 3.63) is 91.0 Å². The van der Waals surface area contributed by atoms with Crippen LogP contribution in [-0.4, -0.2) is 55.3 Å². The molecule has 3 aromatic rings. The Bertz CT molecular complexity index is 1000. The third-order valence-corrected chi connectivity index (χ3v) is 12.8. The van der Waals surface area contributed by atoms with Crippen molar-refractivity contribution in [3.63, 3.8) is 0 Å². The summed E-state index contributed by atoms with van der Waals surface area (Å²) < 4.78 is 13.1. The van der Waals surface area contributed by atoms with Crippen molar-refractivity contribution in [2.24, 2.45) is 0 Å². The highest BCUT2D eigenvalue weighted by Crippen LogP contribution is 2.37. The van der Waals surface area contributed by atoms with E-state index < -0.39 is 32.7 Å². The van der Waals surface area contributed by atoms with E-state index in [0.29, 0.717) is 12.2 Å². The van der Waals surface area contributed by atoms with E-state index in [1.165, 1.54) is 10.4 Å². The lowest BCUT2D eigenvalue weighted by atomic mass is 10.1. The maximum Gasteiger partial charge on any atom is 0.261 e. The highest BCUT2D eigenvalue weighted by Gasteiger charge is 2.51. The maximum atomic E-state index is 10.8.